The lowest BCUT2D eigenvalue weighted by atomic mass is 9.79. The molecule has 8 rings (SSSR count). The van der Waals surface area contributed by atoms with Gasteiger partial charge in [0.05, 0.1) is 31.4 Å². The first-order chi connectivity index (χ1) is 30.9. The van der Waals surface area contributed by atoms with Crippen LogP contribution < -0.4 is 21.7 Å². The number of aromatic nitrogens is 5. The standard InChI is InChI=1S/C42H53N15O8/c1-41(2)18-25(19-42(3,4)55(41)61)53-22-24(50-51-53)20-46-37(58)32(14-9-15-44-40(43)54(56(62)63)57(64)65)49-38(59)36-17-29-27-11-6-8-13-31(27)48-35(29)23-52(36)39(60)33-16-28-26-10-5-7-12-30(26)47-34(28)21-45-33/h5-8,10-13,22,25,32-33,36,45,47-48,61H,9,14-21,23H2,1-4H3,(H2,43,44)(H,46,58)(H,49,59)/t32-,33+,36+/m1/s1. The number of carbonyl (C=O) groups excluding carboxylic acids is 3. The maximum atomic E-state index is 14.7. The number of guanidine groups is 1. The Balaban J connectivity index is 1.03. The molecule has 3 aliphatic rings. The summed E-state index contributed by atoms with van der Waals surface area (Å²) in [7, 11) is 0. The van der Waals surface area contributed by atoms with Crippen molar-refractivity contribution in [3.05, 3.63) is 103 Å². The Morgan fingerprint density at radius 1 is 0.969 bits per heavy atom. The number of aromatic amines is 2. The van der Waals surface area contributed by atoms with E-state index in [9.17, 15) is 39.8 Å². The van der Waals surface area contributed by atoms with Crippen LogP contribution >= 0.6 is 0 Å². The number of benzene rings is 2. The molecule has 0 radical (unpaired) electrons. The van der Waals surface area contributed by atoms with Gasteiger partial charge in [-0.3, -0.25) is 19.7 Å². The van der Waals surface area contributed by atoms with Gasteiger partial charge >= 0.3 is 5.96 Å². The van der Waals surface area contributed by atoms with Crippen molar-refractivity contribution in [1.29, 1.82) is 0 Å². The van der Waals surface area contributed by atoms with Gasteiger partial charge in [-0.2, -0.15) is 5.06 Å². The van der Waals surface area contributed by atoms with Crippen LogP contribution in [-0.4, -0.2) is 115 Å². The fourth-order valence-electron chi connectivity index (χ4n) is 9.78. The first-order valence-electron chi connectivity index (χ1n) is 21.5. The number of nitro groups is 2. The summed E-state index contributed by atoms with van der Waals surface area (Å²) >= 11 is 0. The minimum Gasteiger partial charge on any atom is -0.359 e. The van der Waals surface area contributed by atoms with Crippen LogP contribution in [0.1, 0.15) is 87.6 Å². The molecule has 0 bridgehead atoms. The van der Waals surface area contributed by atoms with Crippen LogP contribution in [0.3, 0.4) is 0 Å². The second kappa shape index (κ2) is 17.5. The number of hydrogen-bond donors (Lipinski definition) is 7. The SMILES string of the molecule is CC1(C)CC(n2cc(CNC(=O)[C@@H](CCCN=C(N)N([N+](=O)[O-])[N+](=O)[O-])NC(=O)[C@@H]3Cc4c([nH]c5ccccc45)CN3C(=O)[C@@H]3Cc4c([nH]c5ccccc45)CN3)nn2)CC(C)(C)N1O. The van der Waals surface area contributed by atoms with Crippen molar-refractivity contribution in [2.45, 2.75) is 121 Å². The summed E-state index contributed by atoms with van der Waals surface area (Å²) in [5.74, 6) is -2.43. The summed E-state index contributed by atoms with van der Waals surface area (Å²) in [5.41, 5.74) is 10.5. The molecule has 8 N–H and O–H groups in total. The molecule has 23 heteroatoms. The smallest absolute Gasteiger partial charge is 0.332 e. The lowest BCUT2D eigenvalue weighted by molar-refractivity contribution is -0.881. The van der Waals surface area contributed by atoms with E-state index >= 15 is 0 Å². The van der Waals surface area contributed by atoms with Crippen molar-refractivity contribution < 1.29 is 29.7 Å². The van der Waals surface area contributed by atoms with Crippen molar-refractivity contribution in [3.63, 3.8) is 0 Å². The van der Waals surface area contributed by atoms with Gasteiger partial charge in [-0.05, 0) is 83.1 Å². The highest BCUT2D eigenvalue weighted by Gasteiger charge is 2.46. The summed E-state index contributed by atoms with van der Waals surface area (Å²) in [5, 5.41) is 51.1. The van der Waals surface area contributed by atoms with E-state index < -0.39 is 62.2 Å². The van der Waals surface area contributed by atoms with Gasteiger partial charge < -0.3 is 36.4 Å². The van der Waals surface area contributed by atoms with E-state index in [0.29, 0.717) is 31.5 Å². The largest absolute Gasteiger partial charge is 0.359 e. The van der Waals surface area contributed by atoms with E-state index in [1.54, 1.807) is 15.8 Å². The molecule has 6 heterocycles. The van der Waals surface area contributed by atoms with Gasteiger partial charge in [0.25, 0.3) is 0 Å². The highest BCUT2D eigenvalue weighted by atomic mass is 16.8. The Morgan fingerprint density at radius 3 is 2.23 bits per heavy atom. The van der Waals surface area contributed by atoms with Gasteiger partial charge in [0.15, 0.2) is 0 Å². The lowest BCUT2D eigenvalue weighted by Gasteiger charge is -2.51. The normalized spacial score (nSPS) is 20.2. The predicted molar refractivity (Wildman–Crippen MR) is 234 cm³/mol. The van der Waals surface area contributed by atoms with Gasteiger partial charge in [0.2, 0.25) is 32.9 Å². The number of aliphatic imine (C=N–C) groups is 1. The molecular formula is C42H53N15O8. The van der Waals surface area contributed by atoms with Gasteiger partial charge in [-0.25, -0.2) is 29.9 Å². The number of hydroxylamine groups is 2. The van der Waals surface area contributed by atoms with E-state index in [4.69, 9.17) is 5.73 Å². The van der Waals surface area contributed by atoms with Crippen LogP contribution in [0.5, 0.6) is 0 Å². The summed E-state index contributed by atoms with van der Waals surface area (Å²) in [4.78, 5) is 78.1. The fraction of sp³-hybridized carbons (Fsp3) is 0.476. The number of para-hydroxylation sites is 2. The highest BCUT2D eigenvalue weighted by molar-refractivity contribution is 5.96. The highest BCUT2D eigenvalue weighted by Crippen LogP contribution is 2.42. The number of rotatable bonds is 13. The van der Waals surface area contributed by atoms with Crippen LogP contribution in [0, 0.1) is 20.2 Å². The van der Waals surface area contributed by atoms with Crippen molar-refractivity contribution in [1.82, 2.24) is 56.0 Å². The molecular weight excluding hydrogens is 843 g/mol. The van der Waals surface area contributed by atoms with Crippen LogP contribution in [0.4, 0.5) is 0 Å². The Kier molecular flexibility index (Phi) is 12.0. The van der Waals surface area contributed by atoms with Crippen LogP contribution in [0.25, 0.3) is 21.8 Å². The quantitative estimate of drug-likeness (QED) is 0.0294. The van der Waals surface area contributed by atoms with Crippen LogP contribution in [0.2, 0.25) is 0 Å². The zero-order valence-electron chi connectivity index (χ0n) is 36.5. The molecule has 344 valence electrons. The zero-order chi connectivity index (χ0) is 46.4. The fourth-order valence-corrected chi connectivity index (χ4v) is 9.78. The molecule has 0 saturated carbocycles. The van der Waals surface area contributed by atoms with E-state index in [1.165, 1.54) is 5.06 Å². The molecule has 0 spiro atoms. The van der Waals surface area contributed by atoms with E-state index in [0.717, 1.165) is 44.3 Å². The number of hydrogen-bond acceptors (Lipinski definition) is 13. The van der Waals surface area contributed by atoms with E-state index in [-0.39, 0.29) is 50.8 Å². The third-order valence-electron chi connectivity index (χ3n) is 12.8. The number of amides is 3. The Morgan fingerprint density at radius 2 is 1.58 bits per heavy atom. The number of fused-ring (bicyclic) bond motifs is 6. The molecule has 0 aliphatic carbocycles. The van der Waals surface area contributed by atoms with Gasteiger partial charge in [0, 0.05) is 63.8 Å². The molecule has 5 aromatic rings. The first kappa shape index (κ1) is 44.6. The number of nitrogens with one attached hydrogen (secondary N) is 5. The summed E-state index contributed by atoms with van der Waals surface area (Å²) in [6, 6.07) is 12.6. The molecule has 0 unspecified atom stereocenters. The number of carbonyl (C=O) groups is 3. The minimum atomic E-state index is -1.32. The second-order valence-electron chi connectivity index (χ2n) is 18.2. The minimum absolute atomic E-state index is 0.0203. The van der Waals surface area contributed by atoms with E-state index in [1.807, 2.05) is 76.2 Å². The van der Waals surface area contributed by atoms with Crippen molar-refractivity contribution >= 4 is 45.5 Å². The Labute approximate surface area is 372 Å². The lowest BCUT2D eigenvalue weighted by Crippen LogP contribution is -2.60. The zero-order valence-corrected chi connectivity index (χ0v) is 36.5. The molecule has 3 amide bonds. The number of hydrazine groups is 2. The van der Waals surface area contributed by atoms with Crippen molar-refractivity contribution in [3.8, 4) is 0 Å². The summed E-state index contributed by atoms with van der Waals surface area (Å²) in [6.45, 7) is 8.00. The van der Waals surface area contributed by atoms with Gasteiger partial charge in [-0.1, -0.05) is 41.6 Å². The molecule has 2 aromatic carbocycles. The van der Waals surface area contributed by atoms with Crippen LogP contribution in [-0.2, 0) is 46.9 Å². The molecule has 3 atom stereocenters. The van der Waals surface area contributed by atoms with Gasteiger partial charge in [-0.15, -0.1) is 5.10 Å². The molecule has 3 aliphatic heterocycles. The number of piperidine rings is 1. The molecule has 65 heavy (non-hydrogen) atoms. The monoisotopic (exact) mass is 895 g/mol. The summed E-state index contributed by atoms with van der Waals surface area (Å²) < 4.78 is 1.73. The third kappa shape index (κ3) is 8.93. The number of H-pyrrole nitrogens is 2. The first-order valence-corrected chi connectivity index (χ1v) is 21.5. The van der Waals surface area contributed by atoms with Crippen LogP contribution in [0.15, 0.2) is 59.7 Å². The third-order valence-corrected chi connectivity index (χ3v) is 12.8. The average Bonchev–Trinajstić information content (AvgIpc) is 3.99. The van der Waals surface area contributed by atoms with E-state index in [2.05, 4.69) is 41.2 Å². The average molecular weight is 896 g/mol. The van der Waals surface area contributed by atoms with Gasteiger partial charge in [0.1, 0.15) is 17.8 Å². The predicted octanol–water partition coefficient (Wildman–Crippen LogP) is 2.37. The topological polar surface area (TPSA) is 304 Å². The molecule has 1 saturated heterocycles. The summed E-state index contributed by atoms with van der Waals surface area (Å²) in [6.07, 6.45) is 3.41. The number of nitrogens with zero attached hydrogens (tertiary/aromatic N) is 9. The molecule has 1 fully saturated rings. The Bertz CT molecular complexity index is 2650. The molecule has 23 nitrogen and oxygen atoms in total. The maximum Gasteiger partial charge on any atom is 0.332 e. The van der Waals surface area contributed by atoms with Crippen molar-refractivity contribution in [2.24, 2.45) is 10.7 Å². The maximum absolute atomic E-state index is 14.7. The molecule has 3 aromatic heterocycles. The Hall–Kier alpha value is -6.98. The van der Waals surface area contributed by atoms with Crippen molar-refractivity contribution in [2.75, 3.05) is 6.54 Å². The number of nitrogens with two attached hydrogens (primary N) is 1. The second-order valence-corrected chi connectivity index (χ2v) is 18.2.